The van der Waals surface area contributed by atoms with E-state index < -0.39 is 0 Å². The van der Waals surface area contributed by atoms with Crippen molar-refractivity contribution in [2.24, 2.45) is 0 Å². The Hall–Kier alpha value is -0.260. The zero-order chi connectivity index (χ0) is 13.4. The normalized spacial score (nSPS) is 14.9. The van der Waals surface area contributed by atoms with Crippen molar-refractivity contribution in [2.75, 3.05) is 6.61 Å². The molecule has 1 heterocycles. The fourth-order valence-electron chi connectivity index (χ4n) is 2.33. The average molecular weight is 450 g/mol. The molecule has 1 aliphatic rings. The highest BCUT2D eigenvalue weighted by Crippen LogP contribution is 2.41. The molecule has 98 valence electrons. The molecule has 1 atom stereocenters. The second-order valence-electron chi connectivity index (χ2n) is 4.50. The predicted molar refractivity (Wildman–Crippen MR) is 90.2 cm³/mol. The first kappa shape index (κ1) is 13.7. The van der Waals surface area contributed by atoms with Gasteiger partial charge >= 0.3 is 0 Å². The first-order chi connectivity index (χ1) is 9.15. The van der Waals surface area contributed by atoms with Gasteiger partial charge in [-0.25, -0.2) is 0 Å². The van der Waals surface area contributed by atoms with E-state index in [2.05, 4.69) is 68.9 Å². The lowest BCUT2D eigenvalue weighted by Gasteiger charge is -2.15. The molecular formula is C15H11BrClIO. The van der Waals surface area contributed by atoms with Crippen molar-refractivity contribution in [2.45, 2.75) is 11.8 Å². The summed E-state index contributed by atoms with van der Waals surface area (Å²) in [5, 5.41) is -0.181. The number of alkyl halides is 1. The zero-order valence-electron chi connectivity index (χ0n) is 10.00. The minimum Gasteiger partial charge on any atom is -0.493 e. The van der Waals surface area contributed by atoms with Gasteiger partial charge in [0.05, 0.1) is 12.0 Å². The van der Waals surface area contributed by atoms with Gasteiger partial charge in [-0.2, -0.15) is 0 Å². The van der Waals surface area contributed by atoms with E-state index in [9.17, 15) is 0 Å². The highest BCUT2D eigenvalue weighted by Gasteiger charge is 2.23. The summed E-state index contributed by atoms with van der Waals surface area (Å²) in [6.07, 6.45) is 0.956. The quantitative estimate of drug-likeness (QED) is 0.446. The third-order valence-corrected chi connectivity index (χ3v) is 4.81. The Bertz CT molecular complexity index is 630. The van der Waals surface area contributed by atoms with Crippen molar-refractivity contribution in [3.05, 3.63) is 61.1 Å². The summed E-state index contributed by atoms with van der Waals surface area (Å²) >= 11 is 12.5. The van der Waals surface area contributed by atoms with Crippen LogP contribution in [-0.4, -0.2) is 6.61 Å². The lowest BCUT2D eigenvalue weighted by molar-refractivity contribution is 0.353. The van der Waals surface area contributed by atoms with Crippen LogP contribution in [-0.2, 0) is 6.42 Å². The van der Waals surface area contributed by atoms with Crippen LogP contribution < -0.4 is 4.74 Å². The molecule has 1 nitrogen and oxygen atoms in total. The lowest BCUT2D eigenvalue weighted by Crippen LogP contribution is -1.98. The maximum atomic E-state index is 6.66. The van der Waals surface area contributed by atoms with Crippen LogP contribution in [0.1, 0.15) is 22.1 Å². The molecule has 4 heteroatoms. The molecule has 0 radical (unpaired) electrons. The van der Waals surface area contributed by atoms with Crippen molar-refractivity contribution in [1.82, 2.24) is 0 Å². The van der Waals surface area contributed by atoms with Crippen LogP contribution in [0, 0.1) is 3.57 Å². The molecule has 0 aliphatic carbocycles. The van der Waals surface area contributed by atoms with E-state index in [1.54, 1.807) is 0 Å². The van der Waals surface area contributed by atoms with Gasteiger partial charge in [-0.3, -0.25) is 0 Å². The Kier molecular flexibility index (Phi) is 4.06. The van der Waals surface area contributed by atoms with Crippen LogP contribution in [0.15, 0.2) is 40.9 Å². The maximum Gasteiger partial charge on any atom is 0.127 e. The molecular weight excluding hydrogens is 438 g/mol. The molecule has 1 unspecified atom stereocenters. The van der Waals surface area contributed by atoms with E-state index in [-0.39, 0.29) is 5.38 Å². The smallest absolute Gasteiger partial charge is 0.127 e. The Morgan fingerprint density at radius 2 is 2.11 bits per heavy atom. The molecule has 0 fully saturated rings. The van der Waals surface area contributed by atoms with Gasteiger partial charge in [0.25, 0.3) is 0 Å². The van der Waals surface area contributed by atoms with Gasteiger partial charge in [0, 0.05) is 20.0 Å². The highest BCUT2D eigenvalue weighted by molar-refractivity contribution is 14.1. The molecule has 0 aromatic heterocycles. The molecule has 0 amide bonds. The summed E-state index contributed by atoms with van der Waals surface area (Å²) in [5.74, 6) is 0.960. The molecule has 3 rings (SSSR count). The number of benzene rings is 2. The first-order valence-electron chi connectivity index (χ1n) is 6.00. The van der Waals surface area contributed by atoms with Crippen molar-refractivity contribution in [3.8, 4) is 5.75 Å². The number of rotatable bonds is 2. The number of ether oxygens (including phenoxy) is 1. The van der Waals surface area contributed by atoms with Crippen LogP contribution in [0.25, 0.3) is 0 Å². The Labute approximate surface area is 139 Å². The largest absolute Gasteiger partial charge is 0.493 e. The second-order valence-corrected chi connectivity index (χ2v) is 7.10. The molecule has 1 aliphatic heterocycles. The molecule has 0 saturated heterocycles. The van der Waals surface area contributed by atoms with Crippen LogP contribution in [0.5, 0.6) is 5.75 Å². The Morgan fingerprint density at radius 3 is 2.89 bits per heavy atom. The monoisotopic (exact) mass is 448 g/mol. The van der Waals surface area contributed by atoms with Crippen LogP contribution >= 0.6 is 50.1 Å². The molecule has 0 saturated carbocycles. The predicted octanol–water partition coefficient (Wildman–Crippen LogP) is 5.32. The van der Waals surface area contributed by atoms with Gasteiger partial charge in [-0.1, -0.05) is 28.1 Å². The van der Waals surface area contributed by atoms with E-state index in [0.717, 1.165) is 34.4 Å². The first-order valence-corrected chi connectivity index (χ1v) is 8.30. The summed E-state index contributed by atoms with van der Waals surface area (Å²) in [6, 6.07) is 12.4. The van der Waals surface area contributed by atoms with E-state index in [1.165, 1.54) is 9.13 Å². The number of hydrogen-bond donors (Lipinski definition) is 0. The van der Waals surface area contributed by atoms with E-state index in [0.29, 0.717) is 0 Å². The van der Waals surface area contributed by atoms with Crippen LogP contribution in [0.3, 0.4) is 0 Å². The van der Waals surface area contributed by atoms with Crippen LogP contribution in [0.4, 0.5) is 0 Å². The summed E-state index contributed by atoms with van der Waals surface area (Å²) < 4.78 is 8.00. The van der Waals surface area contributed by atoms with E-state index >= 15 is 0 Å². The van der Waals surface area contributed by atoms with Gasteiger partial charge in [0.1, 0.15) is 5.75 Å². The van der Waals surface area contributed by atoms with Gasteiger partial charge in [0.15, 0.2) is 0 Å². The SMILES string of the molecule is ClC(c1cccc(I)c1)c1cc(Br)cc2c1OCC2. The minimum atomic E-state index is -0.181. The molecule has 2 aromatic carbocycles. The Morgan fingerprint density at radius 1 is 1.26 bits per heavy atom. The van der Waals surface area contributed by atoms with Gasteiger partial charge in [0.2, 0.25) is 0 Å². The summed E-state index contributed by atoms with van der Waals surface area (Å²) in [6.45, 7) is 0.745. The molecule has 2 aromatic rings. The van der Waals surface area contributed by atoms with E-state index in [4.69, 9.17) is 16.3 Å². The topological polar surface area (TPSA) is 9.23 Å². The van der Waals surface area contributed by atoms with Gasteiger partial charge in [-0.15, -0.1) is 11.6 Å². The number of fused-ring (bicyclic) bond motifs is 1. The summed E-state index contributed by atoms with van der Waals surface area (Å²) in [7, 11) is 0. The number of hydrogen-bond acceptors (Lipinski definition) is 1. The molecule has 0 bridgehead atoms. The molecule has 0 N–H and O–H groups in total. The fraction of sp³-hybridized carbons (Fsp3) is 0.200. The van der Waals surface area contributed by atoms with Crippen LogP contribution in [0.2, 0.25) is 0 Å². The fourth-order valence-corrected chi connectivity index (χ4v) is 3.72. The highest BCUT2D eigenvalue weighted by atomic mass is 127. The molecule has 0 spiro atoms. The molecule has 19 heavy (non-hydrogen) atoms. The van der Waals surface area contributed by atoms with E-state index in [1.807, 2.05) is 6.07 Å². The minimum absolute atomic E-state index is 0.181. The zero-order valence-corrected chi connectivity index (χ0v) is 14.5. The van der Waals surface area contributed by atoms with Crippen molar-refractivity contribution < 1.29 is 4.74 Å². The number of halogens is 3. The van der Waals surface area contributed by atoms with Crippen molar-refractivity contribution in [1.29, 1.82) is 0 Å². The van der Waals surface area contributed by atoms with Gasteiger partial charge in [-0.05, 0) is 58.0 Å². The van der Waals surface area contributed by atoms with Crippen molar-refractivity contribution in [3.63, 3.8) is 0 Å². The van der Waals surface area contributed by atoms with Gasteiger partial charge < -0.3 is 4.74 Å². The third-order valence-electron chi connectivity index (χ3n) is 3.19. The third kappa shape index (κ3) is 2.78. The maximum absolute atomic E-state index is 6.66. The summed E-state index contributed by atoms with van der Waals surface area (Å²) in [5.41, 5.74) is 3.38. The lowest BCUT2D eigenvalue weighted by atomic mass is 10.0. The van der Waals surface area contributed by atoms with Crippen molar-refractivity contribution >= 4 is 50.1 Å². The summed E-state index contributed by atoms with van der Waals surface area (Å²) in [4.78, 5) is 0. The second kappa shape index (κ2) is 5.62. The average Bonchev–Trinajstić information content (AvgIpc) is 2.85. The standard InChI is InChI=1S/C15H11BrClIO/c16-11-6-10-4-5-19-15(10)13(8-11)14(17)9-2-1-3-12(18)7-9/h1-3,6-8,14H,4-5H2. The Balaban J connectivity index is 2.07.